The quantitative estimate of drug-likeness (QED) is 0.807. The van der Waals surface area contributed by atoms with Gasteiger partial charge in [0.05, 0.1) is 6.10 Å². The molecule has 1 aromatic heterocycles. The predicted molar refractivity (Wildman–Crippen MR) is 62.1 cm³/mol. The molecule has 3 nitrogen and oxygen atoms in total. The van der Waals surface area contributed by atoms with Gasteiger partial charge in [-0.15, -0.1) is 0 Å². The minimum absolute atomic E-state index is 0.112. The molecule has 0 aliphatic heterocycles. The van der Waals surface area contributed by atoms with Crippen molar-refractivity contribution in [2.45, 2.75) is 26.4 Å². The molecule has 2 N–H and O–H groups in total. The SMILES string of the molecule is CC(C)CC(O)CNC(=O)c1ccsc1. The van der Waals surface area contributed by atoms with Gasteiger partial charge in [0.1, 0.15) is 0 Å². The van der Waals surface area contributed by atoms with Crippen molar-refractivity contribution in [2.75, 3.05) is 6.54 Å². The molecule has 1 amide bonds. The van der Waals surface area contributed by atoms with Crippen LogP contribution in [0.3, 0.4) is 0 Å². The Balaban J connectivity index is 2.28. The molecule has 0 aliphatic carbocycles. The molecule has 0 aromatic carbocycles. The molecule has 1 heterocycles. The number of amides is 1. The van der Waals surface area contributed by atoms with Crippen LogP contribution in [0, 0.1) is 5.92 Å². The fourth-order valence-corrected chi connectivity index (χ4v) is 1.97. The van der Waals surface area contributed by atoms with E-state index in [9.17, 15) is 9.90 Å². The highest BCUT2D eigenvalue weighted by Gasteiger charge is 2.10. The third-order valence-electron chi connectivity index (χ3n) is 2.03. The molecule has 0 saturated heterocycles. The average molecular weight is 227 g/mol. The van der Waals surface area contributed by atoms with Gasteiger partial charge in [-0.05, 0) is 23.8 Å². The lowest BCUT2D eigenvalue weighted by atomic mass is 10.1. The van der Waals surface area contributed by atoms with Crippen LogP contribution >= 0.6 is 11.3 Å². The normalized spacial score (nSPS) is 12.8. The molecule has 4 heteroatoms. The van der Waals surface area contributed by atoms with Crippen molar-refractivity contribution >= 4 is 17.2 Å². The summed E-state index contributed by atoms with van der Waals surface area (Å²) in [5, 5.41) is 15.9. The number of rotatable bonds is 5. The summed E-state index contributed by atoms with van der Waals surface area (Å²) in [5.74, 6) is 0.331. The predicted octanol–water partition coefficient (Wildman–Crippen LogP) is 1.88. The van der Waals surface area contributed by atoms with Gasteiger partial charge in [-0.25, -0.2) is 0 Å². The van der Waals surface area contributed by atoms with Crippen molar-refractivity contribution < 1.29 is 9.90 Å². The monoisotopic (exact) mass is 227 g/mol. The lowest BCUT2D eigenvalue weighted by Gasteiger charge is -2.13. The Labute approximate surface area is 94.1 Å². The first-order chi connectivity index (χ1) is 7.09. The summed E-state index contributed by atoms with van der Waals surface area (Å²) in [6.07, 6.45) is 0.261. The first kappa shape index (κ1) is 12.2. The summed E-state index contributed by atoms with van der Waals surface area (Å²) in [6, 6.07) is 1.77. The molecule has 15 heavy (non-hydrogen) atoms. The van der Waals surface area contributed by atoms with Crippen LogP contribution in [0.2, 0.25) is 0 Å². The van der Waals surface area contributed by atoms with Gasteiger partial charge >= 0.3 is 0 Å². The molecule has 1 atom stereocenters. The Morgan fingerprint density at radius 2 is 2.33 bits per heavy atom. The second-order valence-electron chi connectivity index (χ2n) is 4.01. The first-order valence-electron chi connectivity index (χ1n) is 5.08. The molecule has 0 aliphatic rings. The minimum Gasteiger partial charge on any atom is -0.391 e. The van der Waals surface area contributed by atoms with Crippen LogP contribution in [-0.2, 0) is 0 Å². The highest BCUT2D eigenvalue weighted by molar-refractivity contribution is 7.08. The van der Waals surface area contributed by atoms with Gasteiger partial charge in [0, 0.05) is 17.5 Å². The first-order valence-corrected chi connectivity index (χ1v) is 6.02. The summed E-state index contributed by atoms with van der Waals surface area (Å²) < 4.78 is 0. The van der Waals surface area contributed by atoms with Gasteiger partial charge in [0.25, 0.3) is 5.91 Å². The van der Waals surface area contributed by atoms with Crippen molar-refractivity contribution in [1.29, 1.82) is 0 Å². The molecule has 0 bridgehead atoms. The summed E-state index contributed by atoms with van der Waals surface area (Å²) >= 11 is 1.49. The van der Waals surface area contributed by atoms with Gasteiger partial charge in [0.2, 0.25) is 0 Å². The molecule has 84 valence electrons. The third-order valence-corrected chi connectivity index (χ3v) is 2.71. The summed E-state index contributed by atoms with van der Waals surface area (Å²) in [6.45, 7) is 4.42. The molecule has 1 rings (SSSR count). The molecule has 0 radical (unpaired) electrons. The number of hydrogen-bond donors (Lipinski definition) is 2. The van der Waals surface area contributed by atoms with E-state index in [-0.39, 0.29) is 5.91 Å². The van der Waals surface area contributed by atoms with Crippen molar-refractivity contribution in [3.8, 4) is 0 Å². The second kappa shape index (κ2) is 5.88. The zero-order valence-electron chi connectivity index (χ0n) is 9.06. The number of aliphatic hydroxyl groups is 1. The molecule has 0 saturated carbocycles. The van der Waals surface area contributed by atoms with Crippen LogP contribution in [-0.4, -0.2) is 23.7 Å². The zero-order chi connectivity index (χ0) is 11.3. The van der Waals surface area contributed by atoms with Crippen molar-refractivity contribution in [3.63, 3.8) is 0 Å². The lowest BCUT2D eigenvalue weighted by Crippen LogP contribution is -2.32. The van der Waals surface area contributed by atoms with E-state index in [0.717, 1.165) is 0 Å². The Kier molecular flexibility index (Phi) is 4.78. The van der Waals surface area contributed by atoms with Gasteiger partial charge in [-0.1, -0.05) is 13.8 Å². The van der Waals surface area contributed by atoms with E-state index in [1.165, 1.54) is 11.3 Å². The maximum atomic E-state index is 11.5. The maximum Gasteiger partial charge on any atom is 0.252 e. The van der Waals surface area contributed by atoms with Crippen LogP contribution in [0.15, 0.2) is 16.8 Å². The van der Waals surface area contributed by atoms with E-state index >= 15 is 0 Å². The smallest absolute Gasteiger partial charge is 0.252 e. The van der Waals surface area contributed by atoms with E-state index in [2.05, 4.69) is 5.32 Å². The van der Waals surface area contributed by atoms with E-state index in [1.54, 1.807) is 11.4 Å². The second-order valence-corrected chi connectivity index (χ2v) is 4.79. The largest absolute Gasteiger partial charge is 0.391 e. The number of nitrogens with one attached hydrogen (secondary N) is 1. The van der Waals surface area contributed by atoms with E-state index < -0.39 is 6.10 Å². The van der Waals surface area contributed by atoms with Gasteiger partial charge < -0.3 is 10.4 Å². The highest BCUT2D eigenvalue weighted by Crippen LogP contribution is 2.06. The van der Waals surface area contributed by atoms with Crippen molar-refractivity contribution in [2.24, 2.45) is 5.92 Å². The topological polar surface area (TPSA) is 49.3 Å². The Hall–Kier alpha value is -0.870. The van der Waals surface area contributed by atoms with Gasteiger partial charge in [-0.3, -0.25) is 4.79 Å². The van der Waals surface area contributed by atoms with Crippen LogP contribution in [0.25, 0.3) is 0 Å². The Bertz CT molecular complexity index is 296. The fourth-order valence-electron chi connectivity index (χ4n) is 1.33. The average Bonchev–Trinajstić information content (AvgIpc) is 2.65. The molecule has 1 aromatic rings. The lowest BCUT2D eigenvalue weighted by molar-refractivity contribution is 0.0900. The van der Waals surface area contributed by atoms with Crippen molar-refractivity contribution in [3.05, 3.63) is 22.4 Å². The van der Waals surface area contributed by atoms with E-state index in [4.69, 9.17) is 0 Å². The molecular formula is C11H17NO2S. The van der Waals surface area contributed by atoms with Crippen molar-refractivity contribution in [1.82, 2.24) is 5.32 Å². The zero-order valence-corrected chi connectivity index (χ0v) is 9.88. The highest BCUT2D eigenvalue weighted by atomic mass is 32.1. The van der Waals surface area contributed by atoms with E-state index in [0.29, 0.717) is 24.4 Å². The van der Waals surface area contributed by atoms with E-state index in [1.807, 2.05) is 19.2 Å². The van der Waals surface area contributed by atoms with Gasteiger partial charge in [-0.2, -0.15) is 11.3 Å². The molecule has 0 fully saturated rings. The van der Waals surface area contributed by atoms with Crippen LogP contribution in [0.5, 0.6) is 0 Å². The Morgan fingerprint density at radius 1 is 1.60 bits per heavy atom. The van der Waals surface area contributed by atoms with Crippen LogP contribution in [0.1, 0.15) is 30.6 Å². The number of carbonyl (C=O) groups is 1. The Morgan fingerprint density at radius 3 is 2.87 bits per heavy atom. The number of thiophene rings is 1. The fraction of sp³-hybridized carbons (Fsp3) is 0.545. The molecule has 0 spiro atoms. The standard InChI is InChI=1S/C11H17NO2S/c1-8(2)5-10(13)6-12-11(14)9-3-4-15-7-9/h3-4,7-8,10,13H,5-6H2,1-2H3,(H,12,14). The number of aliphatic hydroxyl groups excluding tert-OH is 1. The van der Waals surface area contributed by atoms with Crippen LogP contribution in [0.4, 0.5) is 0 Å². The molecular weight excluding hydrogens is 210 g/mol. The number of carbonyl (C=O) groups excluding carboxylic acids is 1. The summed E-state index contributed by atoms with van der Waals surface area (Å²) in [5.41, 5.74) is 0.664. The maximum absolute atomic E-state index is 11.5. The van der Waals surface area contributed by atoms with Crippen LogP contribution < -0.4 is 5.32 Å². The summed E-state index contributed by atoms with van der Waals surface area (Å²) in [7, 11) is 0. The third kappa shape index (κ3) is 4.44. The number of hydrogen-bond acceptors (Lipinski definition) is 3. The van der Waals surface area contributed by atoms with Gasteiger partial charge in [0.15, 0.2) is 0 Å². The summed E-state index contributed by atoms with van der Waals surface area (Å²) in [4.78, 5) is 11.5. The minimum atomic E-state index is -0.451. The molecule has 1 unspecified atom stereocenters.